The van der Waals surface area contributed by atoms with Crippen LogP contribution < -0.4 is 5.32 Å². The zero-order valence-corrected chi connectivity index (χ0v) is 20.9. The Morgan fingerprint density at radius 2 is 1.59 bits per heavy atom. The smallest absolute Gasteiger partial charge is 0.355 e. The lowest BCUT2D eigenvalue weighted by Gasteiger charge is -2.50. The van der Waals surface area contributed by atoms with Crippen molar-refractivity contribution in [2.24, 2.45) is 5.92 Å². The molecule has 8 nitrogen and oxygen atoms in total. The van der Waals surface area contributed by atoms with Crippen LogP contribution in [0.3, 0.4) is 0 Å². The number of hydrogen-bond donors (Lipinski definition) is 1. The quantitative estimate of drug-likeness (QED) is 0.403. The second kappa shape index (κ2) is 9.24. The topological polar surface area (TPSA) is 102 Å². The molecule has 3 rings (SSSR count). The molecule has 1 saturated heterocycles. The summed E-state index contributed by atoms with van der Waals surface area (Å²) in [6.07, 6.45) is 2.30. The Kier molecular flexibility index (Phi) is 6.92. The lowest BCUT2D eigenvalue weighted by atomic mass is 9.82. The summed E-state index contributed by atoms with van der Waals surface area (Å²) >= 11 is 0. The summed E-state index contributed by atoms with van der Waals surface area (Å²) in [6, 6.07) is 7.37. The van der Waals surface area contributed by atoms with Gasteiger partial charge < -0.3 is 14.8 Å². The molecule has 2 heterocycles. The highest BCUT2D eigenvalue weighted by atomic mass is 16.6. The van der Waals surface area contributed by atoms with Crippen molar-refractivity contribution in [1.29, 1.82) is 0 Å². The summed E-state index contributed by atoms with van der Waals surface area (Å²) in [4.78, 5) is 53.3. The van der Waals surface area contributed by atoms with Crippen LogP contribution in [0.5, 0.6) is 0 Å². The van der Waals surface area contributed by atoms with Crippen LogP contribution in [0, 0.1) is 5.92 Å². The highest BCUT2D eigenvalue weighted by molar-refractivity contribution is 6.07. The van der Waals surface area contributed by atoms with E-state index in [0.717, 1.165) is 0 Å². The normalized spacial score (nSPS) is 23.1. The molecular weight excluding hydrogens is 436 g/mol. The van der Waals surface area contributed by atoms with E-state index in [-0.39, 0.29) is 11.6 Å². The van der Waals surface area contributed by atoms with E-state index in [1.54, 1.807) is 78.0 Å². The molecule has 2 aliphatic heterocycles. The Morgan fingerprint density at radius 3 is 2.15 bits per heavy atom. The Labute approximate surface area is 200 Å². The van der Waals surface area contributed by atoms with Crippen LogP contribution >= 0.6 is 0 Å². The second-order valence-corrected chi connectivity index (χ2v) is 10.9. The maximum Gasteiger partial charge on any atom is 0.355 e. The van der Waals surface area contributed by atoms with Crippen molar-refractivity contribution < 1.29 is 28.7 Å². The Morgan fingerprint density at radius 1 is 1.00 bits per heavy atom. The van der Waals surface area contributed by atoms with Crippen molar-refractivity contribution in [3.05, 3.63) is 47.7 Å². The van der Waals surface area contributed by atoms with E-state index in [0.29, 0.717) is 12.0 Å². The third-order valence-electron chi connectivity index (χ3n) is 5.48. The number of β-lactam (4-membered cyclic amide) rings is 1. The fourth-order valence-corrected chi connectivity index (χ4v) is 4.17. The molecule has 4 atom stereocenters. The van der Waals surface area contributed by atoms with Crippen molar-refractivity contribution in [2.45, 2.75) is 84.1 Å². The molecule has 1 aromatic rings. The van der Waals surface area contributed by atoms with Crippen LogP contribution in [0.1, 0.15) is 66.4 Å². The van der Waals surface area contributed by atoms with Crippen LogP contribution in [0.2, 0.25) is 0 Å². The predicted molar refractivity (Wildman–Crippen MR) is 125 cm³/mol. The third kappa shape index (κ3) is 5.66. The Bertz CT molecular complexity index is 1000. The van der Waals surface area contributed by atoms with Gasteiger partial charge in [-0.15, -0.1) is 0 Å². The molecule has 0 aliphatic carbocycles. The zero-order chi connectivity index (χ0) is 25.4. The van der Waals surface area contributed by atoms with Gasteiger partial charge in [-0.3, -0.25) is 19.3 Å². The first kappa shape index (κ1) is 25.5. The van der Waals surface area contributed by atoms with E-state index in [2.05, 4.69) is 5.32 Å². The molecule has 2 amide bonds. The van der Waals surface area contributed by atoms with Gasteiger partial charge in [0.25, 0.3) is 5.91 Å². The van der Waals surface area contributed by atoms with E-state index in [1.807, 2.05) is 6.92 Å². The fourth-order valence-electron chi connectivity index (χ4n) is 4.17. The number of fused-ring (bicyclic) bond motifs is 1. The van der Waals surface area contributed by atoms with E-state index in [1.165, 1.54) is 4.90 Å². The van der Waals surface area contributed by atoms with Gasteiger partial charge in [0.1, 0.15) is 22.9 Å². The largest absolute Gasteiger partial charge is 0.459 e. The molecule has 0 saturated carbocycles. The minimum Gasteiger partial charge on any atom is -0.459 e. The monoisotopic (exact) mass is 470 g/mol. The minimum absolute atomic E-state index is 0.00652. The maximum absolute atomic E-state index is 13.3. The maximum atomic E-state index is 13.3. The highest BCUT2D eigenvalue weighted by Crippen LogP contribution is 2.37. The number of rotatable bonds is 5. The van der Waals surface area contributed by atoms with Gasteiger partial charge in [0.15, 0.2) is 5.92 Å². The molecule has 1 N–H and O–H groups in total. The molecule has 1 aromatic carbocycles. The number of carbonyl (C=O) groups is 4. The average Bonchev–Trinajstić information content (AvgIpc) is 2.69. The summed E-state index contributed by atoms with van der Waals surface area (Å²) in [5.41, 5.74) is -0.809. The zero-order valence-electron chi connectivity index (χ0n) is 20.9. The van der Waals surface area contributed by atoms with Crippen molar-refractivity contribution in [2.75, 3.05) is 0 Å². The summed E-state index contributed by atoms with van der Waals surface area (Å²) in [5, 5.41) is 2.75. The summed E-state index contributed by atoms with van der Waals surface area (Å²) in [7, 11) is 0. The van der Waals surface area contributed by atoms with Crippen molar-refractivity contribution in [3.63, 3.8) is 0 Å². The van der Waals surface area contributed by atoms with Gasteiger partial charge in [0.05, 0.1) is 6.04 Å². The molecule has 0 aromatic heterocycles. The van der Waals surface area contributed by atoms with Gasteiger partial charge in [-0.1, -0.05) is 43.3 Å². The number of nitrogens with zero attached hydrogens (tertiary/aromatic N) is 1. The third-order valence-corrected chi connectivity index (χ3v) is 5.48. The van der Waals surface area contributed by atoms with Crippen LogP contribution in [0.4, 0.5) is 0 Å². The lowest BCUT2D eigenvalue weighted by molar-refractivity contribution is -0.164. The minimum atomic E-state index is -1.22. The van der Waals surface area contributed by atoms with Gasteiger partial charge in [-0.2, -0.15) is 0 Å². The number of nitrogens with one attached hydrogen (secondary N) is 1. The molecule has 0 radical (unpaired) electrons. The standard InChI is InChI=1S/C26H34N2O6/c1-15-13-17-20(22(30)28(17)18(14-15)23(31)33-25(2,3)4)27-21(29)19(16-11-9-8-10-12-16)24(32)34-26(5,6)7/h8-12,14-15,17,19-20H,13H2,1-7H3,(H,27,29)/t15-,17+,19-,20-/m1/s1. The van der Waals surface area contributed by atoms with Gasteiger partial charge in [0.2, 0.25) is 5.91 Å². The van der Waals surface area contributed by atoms with Crippen molar-refractivity contribution in [1.82, 2.24) is 10.2 Å². The SMILES string of the molecule is C[C@H]1C=C(C(=O)OC(C)(C)C)N2C(=O)[C@H](NC(=O)[C@H](C(=O)OC(C)(C)C)c3ccccc3)[C@@H]2C1. The first-order chi connectivity index (χ1) is 15.7. The van der Waals surface area contributed by atoms with E-state index in [9.17, 15) is 19.2 Å². The van der Waals surface area contributed by atoms with Crippen LogP contribution in [-0.4, -0.2) is 51.9 Å². The molecule has 2 aliphatic rings. The number of ether oxygens (including phenoxy) is 2. The van der Waals surface area contributed by atoms with Gasteiger partial charge in [-0.25, -0.2) is 4.79 Å². The molecular formula is C26H34N2O6. The Balaban J connectivity index is 1.80. The first-order valence-corrected chi connectivity index (χ1v) is 11.5. The number of carbonyl (C=O) groups excluding carboxylic acids is 4. The average molecular weight is 471 g/mol. The predicted octanol–water partition coefficient (Wildman–Crippen LogP) is 3.07. The molecule has 0 bridgehead atoms. The van der Waals surface area contributed by atoms with E-state index in [4.69, 9.17) is 9.47 Å². The van der Waals surface area contributed by atoms with Gasteiger partial charge in [0, 0.05) is 0 Å². The molecule has 1 fully saturated rings. The van der Waals surface area contributed by atoms with Crippen molar-refractivity contribution in [3.8, 4) is 0 Å². The van der Waals surface area contributed by atoms with Gasteiger partial charge >= 0.3 is 11.9 Å². The fraction of sp³-hybridized carbons (Fsp3) is 0.538. The van der Waals surface area contributed by atoms with Crippen LogP contribution in [-0.2, 0) is 28.7 Å². The molecule has 8 heteroatoms. The van der Waals surface area contributed by atoms with E-state index < -0.39 is 53.0 Å². The highest BCUT2D eigenvalue weighted by Gasteiger charge is 2.54. The molecule has 34 heavy (non-hydrogen) atoms. The van der Waals surface area contributed by atoms with Crippen LogP contribution in [0.25, 0.3) is 0 Å². The number of hydrogen-bond acceptors (Lipinski definition) is 6. The Hall–Kier alpha value is -3.16. The molecule has 0 unspecified atom stereocenters. The number of benzene rings is 1. The molecule has 0 spiro atoms. The number of esters is 2. The number of allylic oxidation sites excluding steroid dienone is 1. The number of amides is 2. The second-order valence-electron chi connectivity index (χ2n) is 10.9. The summed E-state index contributed by atoms with van der Waals surface area (Å²) in [6.45, 7) is 12.4. The molecule has 184 valence electrons. The first-order valence-electron chi connectivity index (χ1n) is 11.5. The van der Waals surface area contributed by atoms with Crippen molar-refractivity contribution >= 4 is 23.8 Å². The lowest BCUT2D eigenvalue weighted by Crippen LogP contribution is -2.72. The van der Waals surface area contributed by atoms with Crippen LogP contribution in [0.15, 0.2) is 42.1 Å². The van der Waals surface area contributed by atoms with E-state index >= 15 is 0 Å². The summed E-state index contributed by atoms with van der Waals surface area (Å²) < 4.78 is 11.0. The summed E-state index contributed by atoms with van der Waals surface area (Å²) in [5.74, 6) is -3.49. The van der Waals surface area contributed by atoms with Gasteiger partial charge in [-0.05, 0) is 59.4 Å².